The minimum Gasteiger partial charge on any atom is -0.297 e. The fourth-order valence-corrected chi connectivity index (χ4v) is 3.27. The van der Waals surface area contributed by atoms with Crippen molar-refractivity contribution in [2.45, 2.75) is 32.2 Å². The quantitative estimate of drug-likeness (QED) is 0.857. The molecule has 0 atom stereocenters. The minimum atomic E-state index is 0.579. The van der Waals surface area contributed by atoms with Gasteiger partial charge in [0.2, 0.25) is 0 Å². The molecule has 100 valence electrons. The summed E-state index contributed by atoms with van der Waals surface area (Å²) in [5.41, 5.74) is 1.18. The molecule has 1 saturated heterocycles. The molecule has 3 heterocycles. The van der Waals surface area contributed by atoms with Crippen LogP contribution >= 0.6 is 11.3 Å². The van der Waals surface area contributed by atoms with Crippen LogP contribution in [0.1, 0.15) is 34.5 Å². The number of likely N-dealkylation sites (tertiary alicyclic amines) is 1. The van der Waals surface area contributed by atoms with Crippen molar-refractivity contribution in [3.05, 3.63) is 34.3 Å². The van der Waals surface area contributed by atoms with Gasteiger partial charge in [0.25, 0.3) is 0 Å². The van der Waals surface area contributed by atoms with Crippen molar-refractivity contribution in [1.82, 2.24) is 25.1 Å². The van der Waals surface area contributed by atoms with Crippen LogP contribution in [0.4, 0.5) is 0 Å². The van der Waals surface area contributed by atoms with E-state index < -0.39 is 0 Å². The highest BCUT2D eigenvalue weighted by molar-refractivity contribution is 7.11. The van der Waals surface area contributed by atoms with Gasteiger partial charge in [0, 0.05) is 17.8 Å². The standard InChI is InChI=1S/C13H17N5S/c1-10-16-17-13(19-10)8-18-6-3-11(4-7-18)12-2-5-14-9-15-12/h2,5,9,11H,3-4,6-8H2,1H3. The van der Waals surface area contributed by atoms with Crippen LogP contribution in [-0.2, 0) is 6.54 Å². The van der Waals surface area contributed by atoms with Crippen molar-refractivity contribution in [2.75, 3.05) is 13.1 Å². The van der Waals surface area contributed by atoms with E-state index >= 15 is 0 Å². The van der Waals surface area contributed by atoms with Crippen LogP contribution in [-0.4, -0.2) is 38.2 Å². The first kappa shape index (κ1) is 12.6. The van der Waals surface area contributed by atoms with Gasteiger partial charge >= 0.3 is 0 Å². The SMILES string of the molecule is Cc1nnc(CN2CCC(c3ccncn3)CC2)s1. The molecular weight excluding hydrogens is 258 g/mol. The van der Waals surface area contributed by atoms with Crippen LogP contribution in [0.2, 0.25) is 0 Å². The minimum absolute atomic E-state index is 0.579. The van der Waals surface area contributed by atoms with Crippen LogP contribution in [0.25, 0.3) is 0 Å². The van der Waals surface area contributed by atoms with E-state index in [4.69, 9.17) is 0 Å². The van der Waals surface area contributed by atoms with E-state index in [0.29, 0.717) is 5.92 Å². The molecule has 1 aliphatic rings. The Balaban J connectivity index is 1.55. The number of hydrogen-bond donors (Lipinski definition) is 0. The van der Waals surface area contributed by atoms with Crippen molar-refractivity contribution in [3.63, 3.8) is 0 Å². The second kappa shape index (κ2) is 5.71. The van der Waals surface area contributed by atoms with Gasteiger partial charge in [-0.15, -0.1) is 21.5 Å². The van der Waals surface area contributed by atoms with Crippen LogP contribution in [0.15, 0.2) is 18.6 Å². The van der Waals surface area contributed by atoms with Gasteiger partial charge in [-0.1, -0.05) is 0 Å². The van der Waals surface area contributed by atoms with E-state index in [0.717, 1.165) is 42.5 Å². The summed E-state index contributed by atoms with van der Waals surface area (Å²) in [5.74, 6) is 0.579. The molecule has 19 heavy (non-hydrogen) atoms. The Labute approximate surface area is 116 Å². The van der Waals surface area contributed by atoms with Gasteiger partial charge in [-0.3, -0.25) is 4.90 Å². The second-order valence-electron chi connectivity index (χ2n) is 4.90. The van der Waals surface area contributed by atoms with E-state index in [-0.39, 0.29) is 0 Å². The summed E-state index contributed by atoms with van der Waals surface area (Å²) in [6, 6.07) is 2.04. The summed E-state index contributed by atoms with van der Waals surface area (Å²) in [6.07, 6.45) is 5.80. The molecule has 3 rings (SSSR count). The molecule has 1 aliphatic heterocycles. The predicted octanol–water partition coefficient (Wildman–Crippen LogP) is 2.02. The summed E-state index contributed by atoms with van der Waals surface area (Å²) >= 11 is 1.69. The van der Waals surface area contributed by atoms with Gasteiger partial charge in [-0.25, -0.2) is 9.97 Å². The highest BCUT2D eigenvalue weighted by atomic mass is 32.1. The lowest BCUT2D eigenvalue weighted by Gasteiger charge is -2.30. The molecule has 0 unspecified atom stereocenters. The van der Waals surface area contributed by atoms with Crippen molar-refractivity contribution >= 4 is 11.3 Å². The van der Waals surface area contributed by atoms with Crippen molar-refractivity contribution < 1.29 is 0 Å². The van der Waals surface area contributed by atoms with Crippen molar-refractivity contribution in [2.24, 2.45) is 0 Å². The zero-order valence-corrected chi connectivity index (χ0v) is 11.8. The highest BCUT2D eigenvalue weighted by Gasteiger charge is 2.22. The zero-order valence-electron chi connectivity index (χ0n) is 11.0. The second-order valence-corrected chi connectivity index (χ2v) is 6.17. The van der Waals surface area contributed by atoms with Crippen LogP contribution in [0.5, 0.6) is 0 Å². The van der Waals surface area contributed by atoms with E-state index in [2.05, 4.69) is 25.1 Å². The highest BCUT2D eigenvalue weighted by Crippen LogP contribution is 2.27. The average Bonchev–Trinajstić information content (AvgIpc) is 2.86. The van der Waals surface area contributed by atoms with Gasteiger partial charge in [-0.2, -0.15) is 0 Å². The first-order chi connectivity index (χ1) is 9.31. The Morgan fingerprint density at radius 1 is 1.32 bits per heavy atom. The van der Waals surface area contributed by atoms with Gasteiger partial charge in [0.05, 0.1) is 6.54 Å². The van der Waals surface area contributed by atoms with E-state index in [1.165, 1.54) is 5.69 Å². The number of hydrogen-bond acceptors (Lipinski definition) is 6. The molecular formula is C13H17N5S. The van der Waals surface area contributed by atoms with Crippen molar-refractivity contribution in [3.8, 4) is 0 Å². The number of nitrogens with zero attached hydrogens (tertiary/aromatic N) is 5. The van der Waals surface area contributed by atoms with Gasteiger partial charge in [0.15, 0.2) is 0 Å². The first-order valence-corrected chi connectivity index (χ1v) is 7.40. The van der Waals surface area contributed by atoms with E-state index in [1.54, 1.807) is 17.7 Å². The molecule has 0 amide bonds. The summed E-state index contributed by atoms with van der Waals surface area (Å²) in [4.78, 5) is 10.8. The normalized spacial score (nSPS) is 17.7. The summed E-state index contributed by atoms with van der Waals surface area (Å²) in [5, 5.41) is 10.4. The molecule has 2 aromatic heterocycles. The lowest BCUT2D eigenvalue weighted by atomic mass is 9.93. The van der Waals surface area contributed by atoms with Gasteiger partial charge in [-0.05, 0) is 38.9 Å². The molecule has 0 bridgehead atoms. The fourth-order valence-electron chi connectivity index (χ4n) is 2.52. The molecule has 0 radical (unpaired) electrons. The molecule has 6 heteroatoms. The number of aromatic nitrogens is 4. The number of aryl methyl sites for hydroxylation is 1. The molecule has 0 aromatic carbocycles. The van der Waals surface area contributed by atoms with Gasteiger partial charge in [0.1, 0.15) is 16.3 Å². The van der Waals surface area contributed by atoms with Crippen LogP contribution < -0.4 is 0 Å². The van der Waals surface area contributed by atoms with Crippen LogP contribution in [0.3, 0.4) is 0 Å². The third kappa shape index (κ3) is 3.13. The predicted molar refractivity (Wildman–Crippen MR) is 73.9 cm³/mol. The zero-order chi connectivity index (χ0) is 13.1. The number of rotatable bonds is 3. The van der Waals surface area contributed by atoms with Gasteiger partial charge < -0.3 is 0 Å². The maximum atomic E-state index is 4.36. The molecule has 5 nitrogen and oxygen atoms in total. The summed E-state index contributed by atoms with van der Waals surface area (Å²) in [7, 11) is 0. The summed E-state index contributed by atoms with van der Waals surface area (Å²) < 4.78 is 0. The Kier molecular flexibility index (Phi) is 3.79. The Morgan fingerprint density at radius 3 is 2.79 bits per heavy atom. The maximum absolute atomic E-state index is 4.36. The Bertz CT molecular complexity index is 519. The molecule has 0 aliphatic carbocycles. The molecule has 0 N–H and O–H groups in total. The monoisotopic (exact) mass is 275 g/mol. The van der Waals surface area contributed by atoms with Crippen LogP contribution in [0, 0.1) is 6.92 Å². The Morgan fingerprint density at radius 2 is 2.16 bits per heavy atom. The number of piperidine rings is 1. The smallest absolute Gasteiger partial charge is 0.131 e. The van der Waals surface area contributed by atoms with E-state index in [9.17, 15) is 0 Å². The Hall–Kier alpha value is -1.40. The maximum Gasteiger partial charge on any atom is 0.131 e. The third-order valence-electron chi connectivity index (χ3n) is 3.54. The largest absolute Gasteiger partial charge is 0.297 e. The average molecular weight is 275 g/mol. The first-order valence-electron chi connectivity index (χ1n) is 6.58. The molecule has 0 spiro atoms. The lowest BCUT2D eigenvalue weighted by Crippen LogP contribution is -2.32. The van der Waals surface area contributed by atoms with Crippen molar-refractivity contribution in [1.29, 1.82) is 0 Å². The molecule has 1 fully saturated rings. The fraction of sp³-hybridized carbons (Fsp3) is 0.538. The van der Waals surface area contributed by atoms with E-state index in [1.807, 2.05) is 19.2 Å². The third-order valence-corrected chi connectivity index (χ3v) is 4.36. The topological polar surface area (TPSA) is 54.8 Å². The molecule has 0 saturated carbocycles. The summed E-state index contributed by atoms with van der Waals surface area (Å²) in [6.45, 7) is 5.14. The lowest BCUT2D eigenvalue weighted by molar-refractivity contribution is 0.202. The molecule has 2 aromatic rings.